The average molecular weight is 452 g/mol. The SMILES string of the molecule is Fc1cc2cc(C3OCC(CCC4CCCCC4)CO3)ccc2c(F)c1C#CC(F)(F)F. The number of hydrogen-bond acceptors (Lipinski definition) is 2. The Labute approximate surface area is 184 Å². The molecule has 32 heavy (non-hydrogen) atoms. The molecule has 2 aliphatic rings. The summed E-state index contributed by atoms with van der Waals surface area (Å²) in [5, 5.41) is 0.199. The third kappa shape index (κ3) is 5.60. The number of alkyl halides is 3. The van der Waals surface area contributed by atoms with Gasteiger partial charge in [0.1, 0.15) is 11.6 Å². The first-order valence-corrected chi connectivity index (χ1v) is 11.0. The lowest BCUT2D eigenvalue weighted by atomic mass is 9.84. The van der Waals surface area contributed by atoms with E-state index in [-0.39, 0.29) is 10.8 Å². The zero-order valence-corrected chi connectivity index (χ0v) is 17.6. The number of fused-ring (bicyclic) bond motifs is 1. The molecule has 1 saturated heterocycles. The minimum absolute atomic E-state index is 0.0113. The zero-order valence-electron chi connectivity index (χ0n) is 17.6. The molecule has 0 unspecified atom stereocenters. The summed E-state index contributed by atoms with van der Waals surface area (Å²) in [6.45, 7) is 1.12. The number of rotatable bonds is 4. The van der Waals surface area contributed by atoms with Gasteiger partial charge in [-0.1, -0.05) is 56.6 Å². The predicted molar refractivity (Wildman–Crippen MR) is 111 cm³/mol. The van der Waals surface area contributed by atoms with E-state index in [1.165, 1.54) is 50.7 Å². The van der Waals surface area contributed by atoms with Crippen LogP contribution in [0.15, 0.2) is 24.3 Å². The average Bonchev–Trinajstić information content (AvgIpc) is 2.77. The van der Waals surface area contributed by atoms with Crippen LogP contribution in [0.3, 0.4) is 0 Å². The Morgan fingerprint density at radius 3 is 2.28 bits per heavy atom. The largest absolute Gasteiger partial charge is 0.458 e. The molecule has 2 aromatic carbocycles. The van der Waals surface area contributed by atoms with Crippen LogP contribution in [0, 0.1) is 35.3 Å². The number of benzene rings is 2. The maximum Gasteiger partial charge on any atom is 0.458 e. The van der Waals surface area contributed by atoms with Crippen LogP contribution in [0.25, 0.3) is 10.8 Å². The Hall–Kier alpha value is -2.17. The van der Waals surface area contributed by atoms with E-state index in [0.717, 1.165) is 24.3 Å². The minimum atomic E-state index is -4.83. The van der Waals surface area contributed by atoms with E-state index in [0.29, 0.717) is 24.7 Å². The molecule has 2 fully saturated rings. The molecule has 0 amide bonds. The van der Waals surface area contributed by atoms with Crippen molar-refractivity contribution in [3.63, 3.8) is 0 Å². The van der Waals surface area contributed by atoms with Crippen molar-refractivity contribution < 1.29 is 31.4 Å². The summed E-state index contributed by atoms with van der Waals surface area (Å²) >= 11 is 0. The van der Waals surface area contributed by atoms with Gasteiger partial charge < -0.3 is 9.47 Å². The Kier molecular flexibility index (Phi) is 7.02. The fourth-order valence-corrected chi connectivity index (χ4v) is 4.59. The lowest BCUT2D eigenvalue weighted by molar-refractivity contribution is -0.206. The molecule has 1 aliphatic heterocycles. The molecule has 0 N–H and O–H groups in total. The van der Waals surface area contributed by atoms with Crippen molar-refractivity contribution in [3.05, 3.63) is 47.0 Å². The molecule has 0 radical (unpaired) electrons. The Balaban J connectivity index is 1.42. The first-order chi connectivity index (χ1) is 15.3. The highest BCUT2D eigenvalue weighted by molar-refractivity contribution is 5.85. The van der Waals surface area contributed by atoms with E-state index in [2.05, 4.69) is 0 Å². The third-order valence-corrected chi connectivity index (χ3v) is 6.33. The third-order valence-electron chi connectivity index (χ3n) is 6.33. The van der Waals surface area contributed by atoms with Gasteiger partial charge in [0, 0.05) is 22.8 Å². The summed E-state index contributed by atoms with van der Waals surface area (Å²) in [7, 11) is 0. The van der Waals surface area contributed by atoms with E-state index in [9.17, 15) is 22.0 Å². The van der Waals surface area contributed by atoms with Crippen molar-refractivity contribution in [2.24, 2.45) is 11.8 Å². The second-order valence-corrected chi connectivity index (χ2v) is 8.72. The van der Waals surface area contributed by atoms with Crippen molar-refractivity contribution in [2.45, 2.75) is 57.4 Å². The van der Waals surface area contributed by atoms with Gasteiger partial charge in [0.25, 0.3) is 0 Å². The van der Waals surface area contributed by atoms with E-state index in [1.54, 1.807) is 12.0 Å². The van der Waals surface area contributed by atoms with Crippen molar-refractivity contribution in [1.82, 2.24) is 0 Å². The van der Waals surface area contributed by atoms with Crippen LogP contribution in [0.2, 0.25) is 0 Å². The minimum Gasteiger partial charge on any atom is -0.348 e. The highest BCUT2D eigenvalue weighted by atomic mass is 19.4. The standard InChI is InChI=1S/C25H25F5O2/c26-22-13-19-12-18(8-9-20(19)23(27)21(22)10-11-25(28,29)30)24-31-14-17(15-32-24)7-6-16-4-2-1-3-5-16/h8-9,12-13,16-17,24H,1-7,14-15H2. The molecule has 172 valence electrons. The normalized spacial score (nSPS) is 22.5. The molecular formula is C25H25F5O2. The van der Waals surface area contributed by atoms with Gasteiger partial charge in [0.2, 0.25) is 0 Å². The highest BCUT2D eigenvalue weighted by Gasteiger charge is 2.26. The van der Waals surface area contributed by atoms with Crippen LogP contribution in [0.5, 0.6) is 0 Å². The Morgan fingerprint density at radius 1 is 0.906 bits per heavy atom. The Bertz CT molecular complexity index is 1010. The van der Waals surface area contributed by atoms with Gasteiger partial charge >= 0.3 is 6.18 Å². The highest BCUT2D eigenvalue weighted by Crippen LogP contribution is 2.33. The Morgan fingerprint density at radius 2 is 1.59 bits per heavy atom. The molecule has 0 spiro atoms. The number of hydrogen-bond donors (Lipinski definition) is 0. The van der Waals surface area contributed by atoms with Crippen molar-refractivity contribution in [1.29, 1.82) is 0 Å². The summed E-state index contributed by atoms with van der Waals surface area (Å²) in [6, 6.07) is 5.49. The molecular weight excluding hydrogens is 427 g/mol. The van der Waals surface area contributed by atoms with E-state index in [1.807, 2.05) is 0 Å². The zero-order chi connectivity index (χ0) is 22.7. The fraction of sp³-hybridized carbons (Fsp3) is 0.520. The summed E-state index contributed by atoms with van der Waals surface area (Å²) in [5.74, 6) is 1.35. The lowest BCUT2D eigenvalue weighted by Gasteiger charge is -2.31. The topological polar surface area (TPSA) is 18.5 Å². The molecule has 2 nitrogen and oxygen atoms in total. The van der Waals surface area contributed by atoms with Crippen molar-refractivity contribution in [3.8, 4) is 11.8 Å². The fourth-order valence-electron chi connectivity index (χ4n) is 4.59. The summed E-state index contributed by atoms with van der Waals surface area (Å²) in [4.78, 5) is 0. The van der Waals surface area contributed by atoms with Crippen LogP contribution < -0.4 is 0 Å². The van der Waals surface area contributed by atoms with Crippen LogP contribution >= 0.6 is 0 Å². The summed E-state index contributed by atoms with van der Waals surface area (Å²) in [6.07, 6.45) is 3.39. The molecule has 1 saturated carbocycles. The number of ether oxygens (including phenoxy) is 2. The van der Waals surface area contributed by atoms with Gasteiger partial charge in [-0.2, -0.15) is 13.2 Å². The molecule has 0 aromatic heterocycles. The van der Waals surface area contributed by atoms with Gasteiger partial charge in [-0.05, 0) is 29.9 Å². The van der Waals surface area contributed by atoms with Crippen molar-refractivity contribution >= 4 is 10.8 Å². The molecule has 1 aliphatic carbocycles. The van der Waals surface area contributed by atoms with E-state index >= 15 is 0 Å². The first kappa shape index (κ1) is 23.0. The van der Waals surface area contributed by atoms with E-state index in [4.69, 9.17) is 9.47 Å². The van der Waals surface area contributed by atoms with Crippen molar-refractivity contribution in [2.75, 3.05) is 13.2 Å². The van der Waals surface area contributed by atoms with Gasteiger partial charge in [-0.15, -0.1) is 0 Å². The molecule has 1 heterocycles. The van der Waals surface area contributed by atoms with Gasteiger partial charge in [-0.3, -0.25) is 0 Å². The lowest BCUT2D eigenvalue weighted by Crippen LogP contribution is -2.27. The van der Waals surface area contributed by atoms with Crippen LogP contribution in [-0.4, -0.2) is 19.4 Å². The molecule has 7 heteroatoms. The van der Waals surface area contributed by atoms with Crippen LogP contribution in [-0.2, 0) is 9.47 Å². The maximum atomic E-state index is 14.6. The molecule has 4 rings (SSSR count). The quantitative estimate of drug-likeness (QED) is 0.365. The molecule has 0 atom stereocenters. The van der Waals surface area contributed by atoms with E-state index < -0.39 is 29.7 Å². The van der Waals surface area contributed by atoms with Gasteiger partial charge in [-0.25, -0.2) is 8.78 Å². The molecule has 0 bridgehead atoms. The van der Waals surface area contributed by atoms with Crippen LogP contribution in [0.1, 0.15) is 62.4 Å². The predicted octanol–water partition coefficient (Wildman–Crippen LogP) is 7.05. The molecule has 2 aromatic rings. The van der Waals surface area contributed by atoms with Crippen LogP contribution in [0.4, 0.5) is 22.0 Å². The second kappa shape index (κ2) is 9.76. The maximum absolute atomic E-state index is 14.6. The van der Waals surface area contributed by atoms with Gasteiger partial charge in [0.15, 0.2) is 6.29 Å². The summed E-state index contributed by atoms with van der Waals surface area (Å²) < 4.78 is 77.5. The monoisotopic (exact) mass is 452 g/mol. The summed E-state index contributed by atoms with van der Waals surface area (Å²) in [5.41, 5.74) is -0.287. The van der Waals surface area contributed by atoms with Gasteiger partial charge in [0.05, 0.1) is 18.8 Å². The smallest absolute Gasteiger partial charge is 0.348 e. The number of halogens is 5. The second-order valence-electron chi connectivity index (χ2n) is 8.72. The first-order valence-electron chi connectivity index (χ1n) is 11.0.